The van der Waals surface area contributed by atoms with Crippen LogP contribution in [0.2, 0.25) is 0 Å². The highest BCUT2D eigenvalue weighted by molar-refractivity contribution is 5.92. The average molecular weight is 294 g/mol. The minimum atomic E-state index is -0.330. The van der Waals surface area contributed by atoms with E-state index in [4.69, 9.17) is 0 Å². The van der Waals surface area contributed by atoms with E-state index in [9.17, 15) is 14.0 Å². The number of methoxy groups -OCH3 is 1. The molecule has 1 saturated heterocycles. The van der Waals surface area contributed by atoms with E-state index in [1.807, 2.05) is 4.90 Å². The van der Waals surface area contributed by atoms with Gasteiger partial charge in [-0.05, 0) is 50.2 Å². The van der Waals surface area contributed by atoms with Crippen LogP contribution in [0.3, 0.4) is 0 Å². The molecule has 1 heterocycles. The third-order valence-corrected chi connectivity index (χ3v) is 3.65. The molecule has 6 heteroatoms. The smallest absolute Gasteiger partial charge is 0.319 e. The van der Waals surface area contributed by atoms with Crippen molar-refractivity contribution in [1.82, 2.24) is 4.90 Å². The van der Waals surface area contributed by atoms with Gasteiger partial charge in [-0.2, -0.15) is 0 Å². The molecule has 1 aliphatic heterocycles. The molecule has 1 aliphatic rings. The summed E-state index contributed by atoms with van der Waals surface area (Å²) >= 11 is 0. The lowest BCUT2D eigenvalue weighted by atomic mass is 9.96. The quantitative estimate of drug-likeness (QED) is 0.858. The van der Waals surface area contributed by atoms with E-state index in [0.717, 1.165) is 0 Å². The van der Waals surface area contributed by atoms with Crippen molar-refractivity contribution in [2.75, 3.05) is 32.1 Å². The molecule has 1 aromatic carbocycles. The molecule has 0 atom stereocenters. The van der Waals surface area contributed by atoms with Crippen LogP contribution in [0.25, 0.3) is 0 Å². The summed E-state index contributed by atoms with van der Waals surface area (Å²) in [6, 6.07) is 5.71. The third kappa shape index (κ3) is 4.53. The van der Waals surface area contributed by atoms with Crippen molar-refractivity contribution in [3.8, 4) is 0 Å². The van der Waals surface area contributed by atoms with Crippen molar-refractivity contribution in [3.63, 3.8) is 0 Å². The molecule has 1 amide bonds. The van der Waals surface area contributed by atoms with Gasteiger partial charge in [-0.3, -0.25) is 14.5 Å². The molecule has 2 rings (SSSR count). The van der Waals surface area contributed by atoms with Crippen LogP contribution in [0, 0.1) is 11.7 Å². The molecule has 0 unspecified atom stereocenters. The highest BCUT2D eigenvalue weighted by Crippen LogP contribution is 2.19. The number of ether oxygens (including phenoxy) is 1. The van der Waals surface area contributed by atoms with Gasteiger partial charge in [-0.1, -0.05) is 0 Å². The Morgan fingerprint density at radius 1 is 1.29 bits per heavy atom. The molecule has 5 nitrogen and oxygen atoms in total. The van der Waals surface area contributed by atoms with Gasteiger partial charge in [-0.25, -0.2) is 4.39 Å². The summed E-state index contributed by atoms with van der Waals surface area (Å²) in [5.74, 6) is -0.725. The Morgan fingerprint density at radius 2 is 1.90 bits per heavy atom. The summed E-state index contributed by atoms with van der Waals surface area (Å²) in [5.41, 5.74) is 0.596. The third-order valence-electron chi connectivity index (χ3n) is 3.65. The number of likely N-dealkylation sites (tertiary alicyclic amines) is 1. The SMILES string of the molecule is COC(=O)CN1CCC(C(=O)Nc2ccc(F)cc2)CC1. The molecular formula is C15H19FN2O3. The molecule has 0 aromatic heterocycles. The largest absolute Gasteiger partial charge is 0.468 e. The maximum absolute atomic E-state index is 12.8. The lowest BCUT2D eigenvalue weighted by Gasteiger charge is -2.30. The van der Waals surface area contributed by atoms with Crippen LogP contribution >= 0.6 is 0 Å². The number of carbonyl (C=O) groups is 2. The number of nitrogens with one attached hydrogen (secondary N) is 1. The van der Waals surface area contributed by atoms with Crippen LogP contribution < -0.4 is 5.32 Å². The summed E-state index contributed by atoms with van der Waals surface area (Å²) < 4.78 is 17.4. The van der Waals surface area contributed by atoms with Gasteiger partial charge in [0.2, 0.25) is 5.91 Å². The number of piperidine rings is 1. The number of halogens is 1. The lowest BCUT2D eigenvalue weighted by molar-refractivity contribution is -0.142. The van der Waals surface area contributed by atoms with Crippen molar-refractivity contribution in [2.24, 2.45) is 5.92 Å². The molecule has 0 radical (unpaired) electrons. The van der Waals surface area contributed by atoms with E-state index in [-0.39, 0.29) is 30.2 Å². The maximum Gasteiger partial charge on any atom is 0.319 e. The Bertz CT molecular complexity index is 496. The Labute approximate surface area is 123 Å². The molecule has 1 aromatic rings. The molecule has 1 fully saturated rings. The Kier molecular flexibility index (Phi) is 5.27. The molecular weight excluding hydrogens is 275 g/mol. The Balaban J connectivity index is 1.80. The summed E-state index contributed by atoms with van der Waals surface area (Å²) in [5, 5.41) is 2.79. The van der Waals surface area contributed by atoms with E-state index < -0.39 is 0 Å². The van der Waals surface area contributed by atoms with Gasteiger partial charge in [-0.15, -0.1) is 0 Å². The van der Waals surface area contributed by atoms with Crippen LogP contribution in [0.5, 0.6) is 0 Å². The Morgan fingerprint density at radius 3 is 2.48 bits per heavy atom. The van der Waals surface area contributed by atoms with Crippen LogP contribution in [0.1, 0.15) is 12.8 Å². The monoisotopic (exact) mass is 294 g/mol. The van der Waals surface area contributed by atoms with Gasteiger partial charge in [0.05, 0.1) is 13.7 Å². The zero-order valence-corrected chi connectivity index (χ0v) is 12.0. The van der Waals surface area contributed by atoms with Gasteiger partial charge in [0.1, 0.15) is 5.82 Å². The molecule has 0 saturated carbocycles. The summed E-state index contributed by atoms with van der Waals surface area (Å²) in [4.78, 5) is 25.3. The topological polar surface area (TPSA) is 58.6 Å². The molecule has 0 aliphatic carbocycles. The highest BCUT2D eigenvalue weighted by atomic mass is 19.1. The number of amides is 1. The first-order valence-corrected chi connectivity index (χ1v) is 6.94. The zero-order chi connectivity index (χ0) is 15.2. The van der Waals surface area contributed by atoms with Crippen molar-refractivity contribution < 1.29 is 18.7 Å². The standard InChI is InChI=1S/C15H19FN2O3/c1-21-14(19)10-18-8-6-11(7-9-18)15(20)17-13-4-2-12(16)3-5-13/h2-5,11H,6-10H2,1H3,(H,17,20). The number of rotatable bonds is 4. The molecule has 0 bridgehead atoms. The summed E-state index contributed by atoms with van der Waals surface area (Å²) in [6.07, 6.45) is 1.40. The maximum atomic E-state index is 12.8. The number of hydrogen-bond acceptors (Lipinski definition) is 4. The lowest BCUT2D eigenvalue weighted by Crippen LogP contribution is -2.40. The predicted octanol–water partition coefficient (Wildman–Crippen LogP) is 1.65. The van der Waals surface area contributed by atoms with Crippen molar-refractivity contribution in [1.29, 1.82) is 0 Å². The fourth-order valence-corrected chi connectivity index (χ4v) is 2.38. The first-order chi connectivity index (χ1) is 10.1. The number of anilines is 1. The zero-order valence-electron chi connectivity index (χ0n) is 12.0. The second kappa shape index (κ2) is 7.17. The van der Waals surface area contributed by atoms with E-state index in [1.165, 1.54) is 19.2 Å². The van der Waals surface area contributed by atoms with Gasteiger partial charge in [0.25, 0.3) is 0 Å². The first-order valence-electron chi connectivity index (χ1n) is 6.94. The minimum absolute atomic E-state index is 0.0562. The van der Waals surface area contributed by atoms with E-state index >= 15 is 0 Å². The van der Waals surface area contributed by atoms with Crippen molar-refractivity contribution in [3.05, 3.63) is 30.1 Å². The van der Waals surface area contributed by atoms with Gasteiger partial charge < -0.3 is 10.1 Å². The molecule has 21 heavy (non-hydrogen) atoms. The number of benzene rings is 1. The van der Waals surface area contributed by atoms with Gasteiger partial charge in [0, 0.05) is 11.6 Å². The predicted molar refractivity (Wildman–Crippen MR) is 76.2 cm³/mol. The van der Waals surface area contributed by atoms with Crippen LogP contribution in [0.4, 0.5) is 10.1 Å². The summed E-state index contributed by atoms with van der Waals surface area (Å²) in [7, 11) is 1.37. The number of carbonyl (C=O) groups excluding carboxylic acids is 2. The first kappa shape index (κ1) is 15.4. The van der Waals surface area contributed by atoms with E-state index in [2.05, 4.69) is 10.1 Å². The molecule has 1 N–H and O–H groups in total. The second-order valence-corrected chi connectivity index (χ2v) is 5.12. The molecule has 0 spiro atoms. The summed E-state index contributed by atoms with van der Waals surface area (Å²) in [6.45, 7) is 1.65. The van der Waals surface area contributed by atoms with Crippen LogP contribution in [-0.4, -0.2) is 43.5 Å². The normalized spacial score (nSPS) is 16.5. The van der Waals surface area contributed by atoms with Crippen molar-refractivity contribution >= 4 is 17.6 Å². The van der Waals surface area contributed by atoms with Crippen molar-refractivity contribution in [2.45, 2.75) is 12.8 Å². The fourth-order valence-electron chi connectivity index (χ4n) is 2.38. The van der Waals surface area contributed by atoms with E-state index in [0.29, 0.717) is 31.6 Å². The average Bonchev–Trinajstić information content (AvgIpc) is 2.50. The Hall–Kier alpha value is -1.95. The van der Waals surface area contributed by atoms with Crippen LogP contribution in [-0.2, 0) is 14.3 Å². The number of esters is 1. The second-order valence-electron chi connectivity index (χ2n) is 5.12. The van der Waals surface area contributed by atoms with Gasteiger partial charge in [0.15, 0.2) is 0 Å². The number of nitrogens with zero attached hydrogens (tertiary/aromatic N) is 1. The minimum Gasteiger partial charge on any atom is -0.468 e. The highest BCUT2D eigenvalue weighted by Gasteiger charge is 2.26. The van der Waals surface area contributed by atoms with E-state index in [1.54, 1.807) is 12.1 Å². The fraction of sp³-hybridized carbons (Fsp3) is 0.467. The van der Waals surface area contributed by atoms with Crippen LogP contribution in [0.15, 0.2) is 24.3 Å². The molecule has 114 valence electrons. The van der Waals surface area contributed by atoms with Gasteiger partial charge >= 0.3 is 5.97 Å². The number of hydrogen-bond donors (Lipinski definition) is 1.